The van der Waals surface area contributed by atoms with Crippen molar-refractivity contribution in [2.75, 3.05) is 35.5 Å². The van der Waals surface area contributed by atoms with E-state index in [0.717, 1.165) is 7.11 Å². The van der Waals surface area contributed by atoms with Crippen molar-refractivity contribution in [2.45, 2.75) is 24.9 Å². The van der Waals surface area contributed by atoms with Gasteiger partial charge in [0.1, 0.15) is 5.92 Å². The van der Waals surface area contributed by atoms with Crippen molar-refractivity contribution < 1.29 is 43.2 Å². The molecule has 1 aliphatic carbocycles. The van der Waals surface area contributed by atoms with Gasteiger partial charge in [-0.2, -0.15) is 0 Å². The lowest BCUT2D eigenvalue weighted by atomic mass is 9.61. The lowest BCUT2D eigenvalue weighted by Gasteiger charge is -2.43. The van der Waals surface area contributed by atoms with Gasteiger partial charge in [-0.15, -0.1) is 0 Å². The van der Waals surface area contributed by atoms with Crippen LogP contribution in [0.5, 0.6) is 17.2 Å². The minimum atomic E-state index is -1.75. The average Bonchev–Trinajstić information content (AvgIpc) is 2.70. The second kappa shape index (κ2) is 8.69. The second-order valence-electron chi connectivity index (χ2n) is 6.95. The summed E-state index contributed by atoms with van der Waals surface area (Å²) in [5, 5.41) is 10.9. The molecule has 0 bridgehead atoms. The van der Waals surface area contributed by atoms with Crippen LogP contribution in [0.25, 0.3) is 0 Å². The molecule has 0 radical (unpaired) electrons. The zero-order valence-electron chi connectivity index (χ0n) is 17.3. The fraction of sp³-hybridized carbons (Fsp3) is 0.550. The standard InChI is InChI=1S/C20H26O9/c1-20(24)9-11(21)14(18(22)28-5)13(15(20)19(23)29-6)10-7-8-12(25-2)17(27-4)16(10)26-3/h7-8,13-15,24H,9H2,1-6H3. The van der Waals surface area contributed by atoms with Crippen LogP contribution in [-0.4, -0.2) is 64.0 Å². The first-order valence-corrected chi connectivity index (χ1v) is 8.88. The van der Waals surface area contributed by atoms with Gasteiger partial charge in [-0.25, -0.2) is 0 Å². The van der Waals surface area contributed by atoms with Crippen molar-refractivity contribution in [3.05, 3.63) is 17.7 Å². The molecule has 4 atom stereocenters. The van der Waals surface area contributed by atoms with Gasteiger partial charge in [-0.3, -0.25) is 14.4 Å². The quantitative estimate of drug-likeness (QED) is 0.543. The summed E-state index contributed by atoms with van der Waals surface area (Å²) < 4.78 is 25.9. The van der Waals surface area contributed by atoms with Crippen LogP contribution in [0.15, 0.2) is 12.1 Å². The number of esters is 2. The maximum Gasteiger partial charge on any atom is 0.316 e. The summed E-state index contributed by atoms with van der Waals surface area (Å²) in [5.41, 5.74) is -1.44. The van der Waals surface area contributed by atoms with Gasteiger partial charge in [-0.05, 0) is 13.0 Å². The third-order valence-electron chi connectivity index (χ3n) is 5.27. The van der Waals surface area contributed by atoms with Crippen molar-refractivity contribution >= 4 is 17.7 Å². The van der Waals surface area contributed by atoms with E-state index in [1.54, 1.807) is 12.1 Å². The van der Waals surface area contributed by atoms with E-state index in [1.165, 1.54) is 35.4 Å². The molecule has 0 saturated heterocycles. The minimum Gasteiger partial charge on any atom is -0.493 e. The van der Waals surface area contributed by atoms with Crippen molar-refractivity contribution in [1.82, 2.24) is 0 Å². The fourth-order valence-corrected chi connectivity index (χ4v) is 4.03. The Morgan fingerprint density at radius 1 is 0.966 bits per heavy atom. The van der Waals surface area contributed by atoms with Crippen LogP contribution in [0.2, 0.25) is 0 Å². The van der Waals surface area contributed by atoms with Crippen LogP contribution in [0.4, 0.5) is 0 Å². The number of benzene rings is 1. The highest BCUT2D eigenvalue weighted by Gasteiger charge is 2.57. The molecule has 1 saturated carbocycles. The van der Waals surface area contributed by atoms with Crippen LogP contribution >= 0.6 is 0 Å². The van der Waals surface area contributed by atoms with E-state index in [9.17, 15) is 19.5 Å². The molecular formula is C20H26O9. The minimum absolute atomic E-state index is 0.171. The summed E-state index contributed by atoms with van der Waals surface area (Å²) in [6, 6.07) is 3.12. The number of methoxy groups -OCH3 is 5. The van der Waals surface area contributed by atoms with Gasteiger partial charge in [-0.1, -0.05) is 6.07 Å². The number of rotatable bonds is 6. The highest BCUT2D eigenvalue weighted by atomic mass is 16.5. The Balaban J connectivity index is 2.84. The number of Topliss-reactive ketones (excluding diaryl/α,β-unsaturated/α-hetero) is 1. The molecule has 160 valence electrons. The molecule has 4 unspecified atom stereocenters. The first kappa shape index (κ1) is 22.5. The first-order valence-electron chi connectivity index (χ1n) is 8.88. The molecule has 0 heterocycles. The third-order valence-corrected chi connectivity index (χ3v) is 5.27. The lowest BCUT2D eigenvalue weighted by molar-refractivity contribution is -0.170. The number of carbonyl (C=O) groups is 3. The van der Waals surface area contributed by atoms with Gasteiger partial charge >= 0.3 is 11.9 Å². The summed E-state index contributed by atoms with van der Waals surface area (Å²) >= 11 is 0. The molecule has 29 heavy (non-hydrogen) atoms. The van der Waals surface area contributed by atoms with Gasteiger partial charge in [0.2, 0.25) is 5.75 Å². The SMILES string of the molecule is COC(=O)C1C(=O)CC(C)(O)C(C(=O)OC)C1c1ccc(OC)c(OC)c1OC. The van der Waals surface area contributed by atoms with Crippen LogP contribution < -0.4 is 14.2 Å². The van der Waals surface area contributed by atoms with E-state index >= 15 is 0 Å². The van der Waals surface area contributed by atoms with Crippen molar-refractivity contribution in [2.24, 2.45) is 11.8 Å². The number of ketones is 1. The predicted octanol–water partition coefficient (Wildman–Crippen LogP) is 1.10. The van der Waals surface area contributed by atoms with E-state index in [4.69, 9.17) is 23.7 Å². The topological polar surface area (TPSA) is 118 Å². The Labute approximate surface area is 168 Å². The number of aliphatic hydroxyl groups is 1. The van der Waals surface area contributed by atoms with Crippen LogP contribution in [-0.2, 0) is 23.9 Å². The number of ether oxygens (including phenoxy) is 5. The average molecular weight is 410 g/mol. The predicted molar refractivity (Wildman–Crippen MR) is 100 cm³/mol. The van der Waals surface area contributed by atoms with Gasteiger partial charge < -0.3 is 28.8 Å². The maximum absolute atomic E-state index is 12.8. The number of carbonyl (C=O) groups excluding carboxylic acids is 3. The zero-order chi connectivity index (χ0) is 21.9. The lowest BCUT2D eigenvalue weighted by Crippen LogP contribution is -2.55. The largest absolute Gasteiger partial charge is 0.493 e. The first-order chi connectivity index (χ1) is 13.7. The highest BCUT2D eigenvalue weighted by Crippen LogP contribution is 2.52. The van der Waals surface area contributed by atoms with Gasteiger partial charge in [0.05, 0.1) is 47.1 Å². The van der Waals surface area contributed by atoms with Crippen LogP contribution in [0, 0.1) is 11.8 Å². The molecule has 0 amide bonds. The van der Waals surface area contributed by atoms with Crippen molar-refractivity contribution in [3.8, 4) is 17.2 Å². The zero-order valence-corrected chi connectivity index (χ0v) is 17.3. The normalized spacial score (nSPS) is 26.4. The molecular weight excluding hydrogens is 384 g/mol. The molecule has 1 N–H and O–H groups in total. The Morgan fingerprint density at radius 2 is 1.55 bits per heavy atom. The van der Waals surface area contributed by atoms with E-state index < -0.39 is 47.5 Å². The molecule has 1 aromatic carbocycles. The van der Waals surface area contributed by atoms with E-state index in [0.29, 0.717) is 11.3 Å². The second-order valence-corrected chi connectivity index (χ2v) is 6.95. The van der Waals surface area contributed by atoms with Gasteiger partial charge in [0.25, 0.3) is 0 Å². The molecule has 9 heteroatoms. The smallest absolute Gasteiger partial charge is 0.316 e. The molecule has 0 aromatic heterocycles. The summed E-state index contributed by atoms with van der Waals surface area (Å²) in [6.45, 7) is 1.36. The Hall–Kier alpha value is -2.81. The Kier molecular flexibility index (Phi) is 6.73. The van der Waals surface area contributed by atoms with Gasteiger partial charge in [0.15, 0.2) is 17.3 Å². The highest BCUT2D eigenvalue weighted by molar-refractivity contribution is 6.03. The fourth-order valence-electron chi connectivity index (χ4n) is 4.03. The van der Waals surface area contributed by atoms with Crippen LogP contribution in [0.3, 0.4) is 0 Å². The third kappa shape index (κ3) is 3.87. The van der Waals surface area contributed by atoms with E-state index in [2.05, 4.69) is 0 Å². The van der Waals surface area contributed by atoms with E-state index in [-0.39, 0.29) is 11.5 Å². The van der Waals surface area contributed by atoms with Crippen molar-refractivity contribution in [1.29, 1.82) is 0 Å². The molecule has 1 aromatic rings. The van der Waals surface area contributed by atoms with Gasteiger partial charge in [0, 0.05) is 17.9 Å². The molecule has 9 nitrogen and oxygen atoms in total. The molecule has 2 rings (SSSR count). The molecule has 1 aliphatic rings. The summed E-state index contributed by atoms with van der Waals surface area (Å²) in [6.07, 6.45) is -0.404. The number of hydrogen-bond acceptors (Lipinski definition) is 9. The monoisotopic (exact) mass is 410 g/mol. The van der Waals surface area contributed by atoms with Crippen LogP contribution in [0.1, 0.15) is 24.8 Å². The summed E-state index contributed by atoms with van der Waals surface area (Å²) in [4.78, 5) is 38.0. The summed E-state index contributed by atoms with van der Waals surface area (Å²) in [7, 11) is 6.55. The Morgan fingerprint density at radius 3 is 2.03 bits per heavy atom. The Bertz CT molecular complexity index is 799. The molecule has 0 aliphatic heterocycles. The summed E-state index contributed by atoms with van der Waals surface area (Å²) in [5.74, 6) is -5.07. The number of hydrogen-bond donors (Lipinski definition) is 1. The maximum atomic E-state index is 12.8. The molecule has 0 spiro atoms. The van der Waals surface area contributed by atoms with Crippen molar-refractivity contribution in [3.63, 3.8) is 0 Å². The molecule has 1 fully saturated rings. The van der Waals surface area contributed by atoms with E-state index in [1.807, 2.05) is 0 Å².